The summed E-state index contributed by atoms with van der Waals surface area (Å²) in [6, 6.07) is 6.22. The average molecular weight is 299 g/mol. The van der Waals surface area contributed by atoms with Crippen LogP contribution >= 0.6 is 0 Å². The van der Waals surface area contributed by atoms with Gasteiger partial charge in [-0.25, -0.2) is 4.98 Å². The summed E-state index contributed by atoms with van der Waals surface area (Å²) < 4.78 is 7.83. The molecule has 0 fully saturated rings. The molecule has 1 radical (unpaired) electrons. The summed E-state index contributed by atoms with van der Waals surface area (Å²) in [4.78, 5) is 4.06. The molecule has 0 saturated heterocycles. The molecular formula is C17H24BN2O2. The molecule has 0 bridgehead atoms. The molecule has 0 atom stereocenters. The first-order valence-electron chi connectivity index (χ1n) is 7.48. The Balaban J connectivity index is 2.04. The molecule has 0 aliphatic heterocycles. The lowest BCUT2D eigenvalue weighted by atomic mass is 9.81. The number of hydrogen-bond donors (Lipinski definition) is 1. The maximum absolute atomic E-state index is 10.1. The Labute approximate surface area is 133 Å². The van der Waals surface area contributed by atoms with Crippen molar-refractivity contribution in [3.05, 3.63) is 48.0 Å². The minimum Gasteiger partial charge on any atom is -0.427 e. The van der Waals surface area contributed by atoms with E-state index in [-0.39, 0.29) is 0 Å². The normalized spacial score (nSPS) is 12.5. The summed E-state index contributed by atoms with van der Waals surface area (Å²) in [5.41, 5.74) is 1.87. The van der Waals surface area contributed by atoms with E-state index in [2.05, 4.69) is 24.0 Å². The van der Waals surface area contributed by atoms with Crippen LogP contribution in [0.15, 0.2) is 36.9 Å². The predicted molar refractivity (Wildman–Crippen MR) is 89.4 cm³/mol. The fraction of sp³-hybridized carbons (Fsp3) is 0.471. The Morgan fingerprint density at radius 2 is 2.00 bits per heavy atom. The minimum atomic E-state index is -0.917. The lowest BCUT2D eigenvalue weighted by Crippen LogP contribution is -2.49. The largest absolute Gasteiger partial charge is 0.427 e. The first-order valence-corrected chi connectivity index (χ1v) is 7.48. The van der Waals surface area contributed by atoms with Gasteiger partial charge in [-0.3, -0.25) is 0 Å². The maximum atomic E-state index is 10.1. The predicted octanol–water partition coefficient (Wildman–Crippen LogP) is 2.05. The van der Waals surface area contributed by atoms with Crippen LogP contribution < -0.4 is 5.46 Å². The smallest absolute Gasteiger partial charge is 0.330 e. The Bertz CT molecular complexity index is 616. The maximum Gasteiger partial charge on any atom is 0.330 e. The zero-order chi connectivity index (χ0) is 16.4. The van der Waals surface area contributed by atoms with Crippen LogP contribution in [0.25, 0.3) is 0 Å². The van der Waals surface area contributed by atoms with Gasteiger partial charge in [-0.05, 0) is 45.7 Å². The Morgan fingerprint density at radius 3 is 2.55 bits per heavy atom. The number of hydrogen-bond acceptors (Lipinski definition) is 3. The number of nitrogens with zero attached hydrogens (tertiary/aromatic N) is 2. The number of aryl methyl sites for hydroxylation is 1. The molecule has 2 aromatic rings. The van der Waals surface area contributed by atoms with Crippen molar-refractivity contribution in [2.24, 2.45) is 0 Å². The first-order chi connectivity index (χ1) is 10.2. The van der Waals surface area contributed by atoms with Crippen LogP contribution in [0.3, 0.4) is 0 Å². The molecular weight excluding hydrogens is 275 g/mol. The van der Waals surface area contributed by atoms with E-state index < -0.39 is 11.2 Å². The summed E-state index contributed by atoms with van der Waals surface area (Å²) in [6.07, 6.45) is 5.55. The number of aromatic nitrogens is 2. The third-order valence-electron chi connectivity index (χ3n) is 4.24. The molecule has 22 heavy (non-hydrogen) atoms. The van der Waals surface area contributed by atoms with Gasteiger partial charge < -0.3 is 14.3 Å². The Kier molecular flexibility index (Phi) is 4.78. The van der Waals surface area contributed by atoms with Gasteiger partial charge in [-0.1, -0.05) is 23.7 Å². The molecule has 1 aromatic heterocycles. The molecule has 5 heteroatoms. The Morgan fingerprint density at radius 1 is 1.27 bits per heavy atom. The van der Waals surface area contributed by atoms with Crippen LogP contribution in [0.1, 0.15) is 38.8 Å². The molecule has 1 heterocycles. The van der Waals surface area contributed by atoms with Crippen molar-refractivity contribution in [1.29, 1.82) is 0 Å². The van der Waals surface area contributed by atoms with Crippen LogP contribution in [-0.4, -0.2) is 33.3 Å². The Hall–Kier alpha value is -1.59. The average Bonchev–Trinajstić information content (AvgIpc) is 2.91. The van der Waals surface area contributed by atoms with Crippen LogP contribution in [0, 0.1) is 6.92 Å². The van der Waals surface area contributed by atoms with Crippen LogP contribution in [0.5, 0.6) is 0 Å². The van der Waals surface area contributed by atoms with Crippen molar-refractivity contribution < 1.29 is 9.76 Å². The topological polar surface area (TPSA) is 47.3 Å². The molecule has 117 valence electrons. The highest BCUT2D eigenvalue weighted by molar-refractivity contribution is 6.47. The van der Waals surface area contributed by atoms with Crippen molar-refractivity contribution in [2.75, 3.05) is 0 Å². The number of rotatable bonds is 6. The molecule has 0 aliphatic carbocycles. The monoisotopic (exact) mass is 299 g/mol. The van der Waals surface area contributed by atoms with Gasteiger partial charge in [-0.2, -0.15) is 0 Å². The zero-order valence-corrected chi connectivity index (χ0v) is 14.0. The second-order valence-corrected chi connectivity index (χ2v) is 6.73. The molecule has 0 amide bonds. The van der Waals surface area contributed by atoms with Gasteiger partial charge in [0.1, 0.15) is 0 Å². The molecule has 0 spiro atoms. The molecule has 1 N–H and O–H groups in total. The van der Waals surface area contributed by atoms with Crippen molar-refractivity contribution in [1.82, 2.24) is 9.55 Å². The first kappa shape index (κ1) is 16.8. The van der Waals surface area contributed by atoms with Crippen molar-refractivity contribution in [2.45, 2.75) is 52.4 Å². The summed E-state index contributed by atoms with van der Waals surface area (Å²) in [5.74, 6) is 0. The van der Waals surface area contributed by atoms with E-state index in [0.29, 0.717) is 0 Å². The van der Waals surface area contributed by atoms with E-state index in [4.69, 9.17) is 4.65 Å². The van der Waals surface area contributed by atoms with Gasteiger partial charge in [0, 0.05) is 18.9 Å². The van der Waals surface area contributed by atoms with E-state index in [1.54, 1.807) is 27.5 Å². The zero-order valence-electron chi connectivity index (χ0n) is 14.0. The van der Waals surface area contributed by atoms with E-state index >= 15 is 0 Å². The lowest BCUT2D eigenvalue weighted by molar-refractivity contribution is -0.0893. The van der Waals surface area contributed by atoms with Crippen molar-refractivity contribution in [3.63, 3.8) is 0 Å². The SMILES string of the molecule is Cc1cc([B]OC(C)(C)C(C)(C)O)ccc1Cn1ccnc1. The van der Waals surface area contributed by atoms with Crippen molar-refractivity contribution in [3.8, 4) is 0 Å². The van der Waals surface area contributed by atoms with E-state index in [9.17, 15) is 5.11 Å². The molecule has 0 aliphatic rings. The second-order valence-electron chi connectivity index (χ2n) is 6.73. The van der Waals surface area contributed by atoms with Gasteiger partial charge >= 0.3 is 7.48 Å². The highest BCUT2D eigenvalue weighted by Gasteiger charge is 2.35. The number of imidazole rings is 1. The molecule has 4 nitrogen and oxygen atoms in total. The summed E-state index contributed by atoms with van der Waals surface area (Å²) in [7, 11) is 1.71. The molecule has 0 unspecified atom stereocenters. The van der Waals surface area contributed by atoms with Gasteiger partial charge in [0.05, 0.1) is 17.5 Å². The summed E-state index contributed by atoms with van der Waals surface area (Å²) in [6.45, 7) is 10.2. The van der Waals surface area contributed by atoms with Crippen LogP contribution in [-0.2, 0) is 11.2 Å². The van der Waals surface area contributed by atoms with Gasteiger partial charge in [0.25, 0.3) is 0 Å². The van der Waals surface area contributed by atoms with Crippen LogP contribution in [0.2, 0.25) is 0 Å². The summed E-state index contributed by atoms with van der Waals surface area (Å²) in [5, 5.41) is 10.1. The highest BCUT2D eigenvalue weighted by Crippen LogP contribution is 2.24. The van der Waals surface area contributed by atoms with E-state index in [1.165, 1.54) is 11.1 Å². The molecule has 0 saturated carbocycles. The van der Waals surface area contributed by atoms with Gasteiger partial charge in [-0.15, -0.1) is 0 Å². The number of benzene rings is 1. The van der Waals surface area contributed by atoms with Gasteiger partial charge in [0.2, 0.25) is 0 Å². The molecule has 1 aromatic carbocycles. The fourth-order valence-electron chi connectivity index (χ4n) is 1.91. The highest BCUT2D eigenvalue weighted by atomic mass is 16.5. The second kappa shape index (κ2) is 6.27. The summed E-state index contributed by atoms with van der Waals surface area (Å²) >= 11 is 0. The van der Waals surface area contributed by atoms with E-state index in [0.717, 1.165) is 12.0 Å². The molecule has 2 rings (SSSR count). The lowest BCUT2D eigenvalue weighted by Gasteiger charge is -2.37. The van der Waals surface area contributed by atoms with Gasteiger partial charge in [0.15, 0.2) is 0 Å². The van der Waals surface area contributed by atoms with Crippen molar-refractivity contribution >= 4 is 12.9 Å². The van der Waals surface area contributed by atoms with E-state index in [1.807, 2.05) is 37.0 Å². The van der Waals surface area contributed by atoms with Crippen LogP contribution in [0.4, 0.5) is 0 Å². The standard InChI is InChI=1S/C17H24BN2O2/c1-13-10-15(18-22-17(4,5)16(2,3)21)7-6-14(13)11-20-9-8-19-12-20/h6-10,12,21H,11H2,1-5H3. The third kappa shape index (κ3) is 3.99. The number of aliphatic hydroxyl groups is 1. The minimum absolute atomic E-state index is 0.656. The fourth-order valence-corrected chi connectivity index (χ4v) is 1.91. The third-order valence-corrected chi connectivity index (χ3v) is 4.24. The quantitative estimate of drug-likeness (QED) is 0.831.